The van der Waals surface area contributed by atoms with Gasteiger partial charge < -0.3 is 0 Å². The van der Waals surface area contributed by atoms with E-state index in [1.54, 1.807) is 0 Å². The van der Waals surface area contributed by atoms with Crippen molar-refractivity contribution in [3.8, 4) is 0 Å². The fourth-order valence-corrected chi connectivity index (χ4v) is 2.25. The maximum Gasteiger partial charge on any atom is 0.235 e. The van der Waals surface area contributed by atoms with Gasteiger partial charge in [0.25, 0.3) is 0 Å². The zero-order valence-electron chi connectivity index (χ0n) is 12.6. The highest BCUT2D eigenvalue weighted by Gasteiger charge is 2.16. The van der Waals surface area contributed by atoms with E-state index in [2.05, 4.69) is 39.3 Å². The van der Waals surface area contributed by atoms with Crippen molar-refractivity contribution in [2.24, 2.45) is 4.99 Å². The van der Waals surface area contributed by atoms with Crippen LogP contribution >= 0.6 is 0 Å². The van der Waals surface area contributed by atoms with Crippen LogP contribution in [0.15, 0.2) is 23.7 Å². The van der Waals surface area contributed by atoms with Crippen LogP contribution in [0.5, 0.6) is 0 Å². The predicted octanol–water partition coefficient (Wildman–Crippen LogP) is 4.09. The van der Waals surface area contributed by atoms with Crippen LogP contribution in [0.4, 0.5) is 0 Å². The van der Waals surface area contributed by atoms with Gasteiger partial charge >= 0.3 is 0 Å². The molecule has 0 fully saturated rings. The van der Waals surface area contributed by atoms with Crippen molar-refractivity contribution in [2.75, 3.05) is 6.54 Å². The molecule has 3 nitrogen and oxygen atoms in total. The van der Waals surface area contributed by atoms with E-state index in [0.717, 1.165) is 16.7 Å². The van der Waals surface area contributed by atoms with Crippen LogP contribution in [0.2, 0.25) is 0 Å². The molecule has 0 amide bonds. The molecular formula is C17H21NO2. The van der Waals surface area contributed by atoms with E-state index in [4.69, 9.17) is 0 Å². The van der Waals surface area contributed by atoms with E-state index in [1.807, 2.05) is 18.2 Å². The molecule has 1 aromatic carbocycles. The third-order valence-corrected chi connectivity index (χ3v) is 3.30. The Morgan fingerprint density at radius 2 is 1.75 bits per heavy atom. The largest absolute Gasteiger partial charge is 0.292 e. The molecule has 0 unspecified atom stereocenters. The Morgan fingerprint density at radius 1 is 1.25 bits per heavy atom. The first-order valence-electron chi connectivity index (χ1n) is 6.79. The lowest BCUT2D eigenvalue weighted by molar-refractivity contribution is 0.100. The smallest absolute Gasteiger partial charge is 0.235 e. The molecule has 0 aliphatic carbocycles. The summed E-state index contributed by atoms with van der Waals surface area (Å²) in [5.41, 5.74) is 3.90. The molecule has 0 heterocycles. The number of hydrogen-bond acceptors (Lipinski definition) is 3. The van der Waals surface area contributed by atoms with Crippen molar-refractivity contribution in [3.05, 3.63) is 41.0 Å². The Kier molecular flexibility index (Phi) is 5.60. The Hall–Kier alpha value is -1.99. The number of carbonyl (C=O) groups excluding carboxylic acids is 2. The molecule has 0 aromatic heterocycles. The number of carbonyl (C=O) groups is 1. The van der Waals surface area contributed by atoms with Crippen LogP contribution in [0.1, 0.15) is 66.6 Å². The van der Waals surface area contributed by atoms with E-state index < -0.39 is 0 Å². The molecule has 0 saturated heterocycles. The van der Waals surface area contributed by atoms with Crippen molar-refractivity contribution in [1.29, 1.82) is 0 Å². The zero-order chi connectivity index (χ0) is 15.3. The molecule has 0 bridgehead atoms. The average molecular weight is 271 g/mol. The van der Waals surface area contributed by atoms with Crippen molar-refractivity contribution in [1.82, 2.24) is 0 Å². The van der Waals surface area contributed by atoms with Gasteiger partial charge in [-0.25, -0.2) is 4.79 Å². The fourth-order valence-electron chi connectivity index (χ4n) is 2.25. The van der Waals surface area contributed by atoms with Crippen LogP contribution in [0.3, 0.4) is 0 Å². The van der Waals surface area contributed by atoms with Crippen LogP contribution in [0, 0.1) is 0 Å². The van der Waals surface area contributed by atoms with Crippen molar-refractivity contribution < 1.29 is 9.59 Å². The lowest BCUT2D eigenvalue weighted by atomic mass is 9.86. The summed E-state index contributed by atoms with van der Waals surface area (Å²) in [6.07, 6.45) is 3.25. The Bertz CT molecular complexity index is 535. The molecular weight excluding hydrogens is 250 g/mol. The standard InChI is InChI=1S/C17H21NO2/c1-6-14-15(11(2)3)7-13(8-16(14)12(4)5)17(20)9-18-10-19/h6-8,11-12H,1,9H2,2-5H3. The van der Waals surface area contributed by atoms with Gasteiger partial charge in [-0.1, -0.05) is 40.3 Å². The quantitative estimate of drug-likeness (QED) is 0.444. The van der Waals surface area contributed by atoms with Crippen molar-refractivity contribution in [3.63, 3.8) is 0 Å². The molecule has 1 rings (SSSR count). The highest BCUT2D eigenvalue weighted by molar-refractivity contribution is 5.98. The Morgan fingerprint density at radius 3 is 2.10 bits per heavy atom. The third kappa shape index (κ3) is 3.52. The molecule has 0 aliphatic heterocycles. The van der Waals surface area contributed by atoms with Gasteiger partial charge in [0.15, 0.2) is 5.78 Å². The van der Waals surface area contributed by atoms with Crippen molar-refractivity contribution >= 4 is 17.9 Å². The van der Waals surface area contributed by atoms with Crippen molar-refractivity contribution in [2.45, 2.75) is 39.5 Å². The van der Waals surface area contributed by atoms with Gasteiger partial charge in [-0.05, 0) is 40.7 Å². The van der Waals surface area contributed by atoms with E-state index >= 15 is 0 Å². The van der Waals surface area contributed by atoms with E-state index in [-0.39, 0.29) is 12.3 Å². The van der Waals surface area contributed by atoms with E-state index in [9.17, 15) is 9.59 Å². The second-order valence-corrected chi connectivity index (χ2v) is 5.41. The molecule has 0 aliphatic rings. The number of hydrogen-bond donors (Lipinski definition) is 0. The second kappa shape index (κ2) is 6.97. The van der Waals surface area contributed by atoms with E-state index in [1.165, 1.54) is 6.08 Å². The average Bonchev–Trinajstić information content (AvgIpc) is 2.42. The summed E-state index contributed by atoms with van der Waals surface area (Å²) >= 11 is 0. The van der Waals surface area contributed by atoms with Gasteiger partial charge in [0.2, 0.25) is 6.08 Å². The van der Waals surface area contributed by atoms with Gasteiger partial charge in [-0.2, -0.15) is 4.99 Å². The molecule has 20 heavy (non-hydrogen) atoms. The minimum atomic E-state index is -0.159. The summed E-state index contributed by atoms with van der Waals surface area (Å²) in [6.45, 7) is 12.1. The summed E-state index contributed by atoms with van der Waals surface area (Å²) < 4.78 is 0. The number of nitrogens with zero attached hydrogens (tertiary/aromatic N) is 1. The van der Waals surface area contributed by atoms with E-state index in [0.29, 0.717) is 17.4 Å². The maximum absolute atomic E-state index is 12.1. The highest BCUT2D eigenvalue weighted by atomic mass is 16.1. The number of ketones is 1. The summed E-state index contributed by atoms with van der Waals surface area (Å²) in [6, 6.07) is 3.77. The lowest BCUT2D eigenvalue weighted by Crippen LogP contribution is -2.08. The first-order valence-corrected chi connectivity index (χ1v) is 6.79. The second-order valence-electron chi connectivity index (χ2n) is 5.41. The molecule has 0 saturated carbocycles. The summed E-state index contributed by atoms with van der Waals surface area (Å²) in [4.78, 5) is 25.6. The number of isocyanates is 1. The maximum atomic E-state index is 12.1. The minimum absolute atomic E-state index is 0.147. The zero-order valence-corrected chi connectivity index (χ0v) is 12.6. The SMILES string of the molecule is C=Cc1c(C(C)C)cc(C(=O)CN=C=O)cc1C(C)C. The van der Waals surface area contributed by atoms with Gasteiger partial charge in [-0.15, -0.1) is 0 Å². The normalized spacial score (nSPS) is 10.5. The first kappa shape index (κ1) is 16.1. The predicted molar refractivity (Wildman–Crippen MR) is 82.0 cm³/mol. The monoisotopic (exact) mass is 271 g/mol. The number of rotatable bonds is 6. The van der Waals surface area contributed by atoms with Gasteiger partial charge in [0.05, 0.1) is 0 Å². The van der Waals surface area contributed by atoms with Gasteiger partial charge in [-0.3, -0.25) is 4.79 Å². The topological polar surface area (TPSA) is 46.5 Å². The molecule has 0 atom stereocenters. The van der Waals surface area contributed by atoms with Gasteiger partial charge in [0.1, 0.15) is 6.54 Å². The third-order valence-electron chi connectivity index (χ3n) is 3.30. The summed E-state index contributed by atoms with van der Waals surface area (Å²) in [5, 5.41) is 0. The lowest BCUT2D eigenvalue weighted by Gasteiger charge is -2.19. The summed E-state index contributed by atoms with van der Waals surface area (Å²) in [5.74, 6) is 0.429. The molecule has 106 valence electrons. The number of benzene rings is 1. The molecule has 1 aromatic rings. The minimum Gasteiger partial charge on any atom is -0.292 e. The highest BCUT2D eigenvalue weighted by Crippen LogP contribution is 2.30. The van der Waals surface area contributed by atoms with Gasteiger partial charge in [0, 0.05) is 5.56 Å². The molecule has 0 N–H and O–H groups in total. The molecule has 0 spiro atoms. The van der Waals surface area contributed by atoms with Crippen LogP contribution in [-0.2, 0) is 4.79 Å². The van der Waals surface area contributed by atoms with Crippen LogP contribution < -0.4 is 0 Å². The summed E-state index contributed by atoms with van der Waals surface area (Å²) in [7, 11) is 0. The molecule has 3 heteroatoms. The van der Waals surface area contributed by atoms with Crippen LogP contribution in [0.25, 0.3) is 6.08 Å². The Labute approximate surface area is 120 Å². The first-order chi connectivity index (χ1) is 9.42. The molecule has 0 radical (unpaired) electrons. The van der Waals surface area contributed by atoms with Crippen LogP contribution in [-0.4, -0.2) is 18.4 Å². The fraction of sp³-hybridized carbons (Fsp3) is 0.412. The Balaban J connectivity index is 3.45. The number of Topliss-reactive ketones (excluding diaryl/α,β-unsaturated/α-hetero) is 1. The number of aliphatic imine (C=N–C) groups is 1.